The Kier molecular flexibility index (Phi) is 8.12. The van der Waals surface area contributed by atoms with Crippen molar-refractivity contribution in [2.45, 2.75) is 49.5 Å². The Bertz CT molecular complexity index is 1750. The van der Waals surface area contributed by atoms with Crippen molar-refractivity contribution in [3.05, 3.63) is 66.2 Å². The van der Waals surface area contributed by atoms with E-state index in [-0.39, 0.29) is 24.4 Å². The molecule has 6 atom stereocenters. The summed E-state index contributed by atoms with van der Waals surface area (Å²) in [4.78, 5) is 14.2. The van der Waals surface area contributed by atoms with Gasteiger partial charge in [-0.15, -0.1) is 0 Å². The number of piperidine rings is 1. The van der Waals surface area contributed by atoms with Gasteiger partial charge in [-0.1, -0.05) is 6.07 Å². The first-order chi connectivity index (χ1) is 23.1. The maximum atomic E-state index is 9.81. The van der Waals surface area contributed by atoms with Gasteiger partial charge in [-0.05, 0) is 30.2 Å². The molecule has 0 radical (unpaired) electrons. The van der Waals surface area contributed by atoms with Gasteiger partial charge in [0.1, 0.15) is 48.7 Å². The van der Waals surface area contributed by atoms with Gasteiger partial charge < -0.3 is 33.3 Å². The lowest BCUT2D eigenvalue weighted by Gasteiger charge is -2.56. The van der Waals surface area contributed by atoms with Crippen molar-refractivity contribution < 1.29 is 28.4 Å². The van der Waals surface area contributed by atoms with E-state index in [4.69, 9.17) is 33.4 Å². The van der Waals surface area contributed by atoms with Gasteiger partial charge in [0.25, 0.3) is 0 Å². The third kappa shape index (κ3) is 5.66. The highest BCUT2D eigenvalue weighted by Gasteiger charge is 2.48. The first kappa shape index (κ1) is 30.0. The van der Waals surface area contributed by atoms with Crippen LogP contribution in [0, 0.1) is 11.3 Å². The molecule has 5 aliphatic heterocycles. The molecular formula is C34H37N7O6. The Hall–Kier alpha value is -4.32. The van der Waals surface area contributed by atoms with Gasteiger partial charge in [0.2, 0.25) is 5.88 Å². The first-order valence-electron chi connectivity index (χ1n) is 16.0. The molecule has 0 saturated carbocycles. The molecule has 4 aromatic rings. The van der Waals surface area contributed by atoms with Crippen LogP contribution in [0.3, 0.4) is 0 Å². The number of fused-ring (bicyclic) bond motifs is 4. The molecular weight excluding hydrogens is 602 g/mol. The molecule has 13 nitrogen and oxygen atoms in total. The van der Waals surface area contributed by atoms with E-state index in [0.29, 0.717) is 61.2 Å². The molecule has 5 saturated heterocycles. The SMILES string of the molecule is COc1ccc(CN2C3CC2CN(c2ccc(-c4cc(OCCOC5COC6C(OC)COC56)cn5ncc(C#N)c45)cn2)C3)cn1. The van der Waals surface area contributed by atoms with Crippen LogP contribution in [0.1, 0.15) is 17.5 Å². The molecule has 9 heterocycles. The van der Waals surface area contributed by atoms with Gasteiger partial charge in [-0.2, -0.15) is 10.4 Å². The van der Waals surface area contributed by atoms with E-state index in [1.54, 1.807) is 31.1 Å². The number of anilines is 1. The second-order valence-electron chi connectivity index (χ2n) is 12.4. The Morgan fingerprint density at radius 1 is 0.957 bits per heavy atom. The van der Waals surface area contributed by atoms with Crippen molar-refractivity contribution in [3.8, 4) is 28.8 Å². The minimum atomic E-state index is -0.157. The van der Waals surface area contributed by atoms with Crippen LogP contribution >= 0.6 is 0 Å². The Morgan fingerprint density at radius 2 is 1.79 bits per heavy atom. The van der Waals surface area contributed by atoms with E-state index in [2.05, 4.69) is 44.2 Å². The van der Waals surface area contributed by atoms with Crippen LogP contribution in [0.4, 0.5) is 5.82 Å². The van der Waals surface area contributed by atoms with Crippen LogP contribution in [-0.4, -0.2) is 115 Å². The highest BCUT2D eigenvalue weighted by Crippen LogP contribution is 2.37. The average Bonchev–Trinajstić information content (AvgIpc) is 3.85. The number of nitriles is 1. The van der Waals surface area contributed by atoms with Crippen molar-refractivity contribution in [2.75, 3.05) is 58.6 Å². The molecule has 2 bridgehead atoms. The molecule has 5 aliphatic rings. The molecule has 0 amide bonds. The number of piperazine rings is 1. The summed E-state index contributed by atoms with van der Waals surface area (Å²) in [5.41, 5.74) is 4.11. The van der Waals surface area contributed by atoms with E-state index < -0.39 is 0 Å². The second kappa shape index (κ2) is 12.7. The van der Waals surface area contributed by atoms with Gasteiger partial charge in [0, 0.05) is 68.4 Å². The van der Waals surface area contributed by atoms with Crippen LogP contribution in [0.25, 0.3) is 16.6 Å². The lowest BCUT2D eigenvalue weighted by atomic mass is 9.87. The molecule has 244 valence electrons. The van der Waals surface area contributed by atoms with Crippen molar-refractivity contribution in [3.63, 3.8) is 0 Å². The first-order valence-corrected chi connectivity index (χ1v) is 16.0. The zero-order valence-corrected chi connectivity index (χ0v) is 26.4. The zero-order chi connectivity index (χ0) is 31.9. The predicted molar refractivity (Wildman–Crippen MR) is 169 cm³/mol. The van der Waals surface area contributed by atoms with Crippen LogP contribution in [0.2, 0.25) is 0 Å². The van der Waals surface area contributed by atoms with Gasteiger partial charge in [0.15, 0.2) is 0 Å². The van der Waals surface area contributed by atoms with Gasteiger partial charge in [0.05, 0.1) is 50.4 Å². The summed E-state index contributed by atoms with van der Waals surface area (Å²) < 4.78 is 36.2. The number of hydrogen-bond donors (Lipinski definition) is 0. The summed E-state index contributed by atoms with van der Waals surface area (Å²) >= 11 is 0. The van der Waals surface area contributed by atoms with Gasteiger partial charge >= 0.3 is 0 Å². The lowest BCUT2D eigenvalue weighted by molar-refractivity contribution is -0.0472. The fourth-order valence-electron chi connectivity index (χ4n) is 7.31. The fraction of sp³-hybridized carbons (Fsp3) is 0.471. The van der Waals surface area contributed by atoms with E-state index in [1.807, 2.05) is 24.5 Å². The summed E-state index contributed by atoms with van der Waals surface area (Å²) in [7, 11) is 3.30. The zero-order valence-electron chi connectivity index (χ0n) is 26.4. The molecule has 0 aliphatic carbocycles. The molecule has 0 aromatic carbocycles. The van der Waals surface area contributed by atoms with Crippen molar-refractivity contribution in [1.82, 2.24) is 24.5 Å². The van der Waals surface area contributed by atoms with Crippen LogP contribution < -0.4 is 14.4 Å². The Morgan fingerprint density at radius 3 is 2.51 bits per heavy atom. The van der Waals surface area contributed by atoms with Crippen molar-refractivity contribution in [2.24, 2.45) is 0 Å². The molecule has 6 unspecified atom stereocenters. The van der Waals surface area contributed by atoms with E-state index in [0.717, 1.165) is 36.6 Å². The monoisotopic (exact) mass is 639 g/mol. The Balaban J connectivity index is 0.922. The van der Waals surface area contributed by atoms with Crippen molar-refractivity contribution in [1.29, 1.82) is 5.26 Å². The van der Waals surface area contributed by atoms with Crippen LogP contribution in [-0.2, 0) is 25.5 Å². The standard InChI is InChI=1S/C34H37N7O6/c1-42-28-19-46-34-29(20-47-33(28)34)45-8-7-44-26-10-27(32-23(11-35)14-38-41(32)18-26)22-4-5-30(36-13-22)39-16-24-9-25(17-39)40(24)15-21-3-6-31(43-2)37-12-21/h3-6,10,12-14,18,24-25,28-29,33-34H,7-9,15-17,19-20H2,1-2H3. The minimum absolute atomic E-state index is 0.0598. The number of aromatic nitrogens is 4. The van der Waals surface area contributed by atoms with E-state index >= 15 is 0 Å². The number of pyridine rings is 3. The average molecular weight is 640 g/mol. The summed E-state index contributed by atoms with van der Waals surface area (Å²) in [5.74, 6) is 2.20. The normalized spacial score (nSPS) is 26.6. The second-order valence-corrected chi connectivity index (χ2v) is 12.4. The minimum Gasteiger partial charge on any atom is -0.490 e. The third-order valence-corrected chi connectivity index (χ3v) is 9.76. The highest BCUT2D eigenvalue weighted by molar-refractivity contribution is 5.85. The third-order valence-electron chi connectivity index (χ3n) is 9.76. The van der Waals surface area contributed by atoms with Gasteiger partial charge in [-0.3, -0.25) is 4.90 Å². The maximum absolute atomic E-state index is 9.81. The number of rotatable bonds is 11. The van der Waals surface area contributed by atoms with Crippen LogP contribution in [0.5, 0.6) is 11.6 Å². The lowest BCUT2D eigenvalue weighted by Crippen LogP contribution is -2.68. The van der Waals surface area contributed by atoms with Gasteiger partial charge in [-0.25, -0.2) is 14.5 Å². The van der Waals surface area contributed by atoms with E-state index in [9.17, 15) is 5.26 Å². The molecule has 0 spiro atoms. The summed E-state index contributed by atoms with van der Waals surface area (Å²) in [6.45, 7) is 4.43. The molecule has 0 N–H and O–H groups in total. The molecule has 9 rings (SSSR count). The summed E-state index contributed by atoms with van der Waals surface area (Å²) in [5, 5.41) is 14.2. The summed E-state index contributed by atoms with van der Waals surface area (Å²) in [6, 6.07) is 13.3. The molecule has 13 heteroatoms. The number of ether oxygens (including phenoxy) is 6. The number of hydrogen-bond acceptors (Lipinski definition) is 12. The van der Waals surface area contributed by atoms with Crippen LogP contribution in [0.15, 0.2) is 55.1 Å². The largest absolute Gasteiger partial charge is 0.490 e. The summed E-state index contributed by atoms with van der Waals surface area (Å²) in [6.07, 6.45) is 7.89. The fourth-order valence-corrected chi connectivity index (χ4v) is 7.31. The molecule has 47 heavy (non-hydrogen) atoms. The van der Waals surface area contributed by atoms with Crippen molar-refractivity contribution >= 4 is 11.3 Å². The number of nitrogens with zero attached hydrogens (tertiary/aromatic N) is 7. The topological polar surface area (TPSA) is 129 Å². The maximum Gasteiger partial charge on any atom is 0.212 e. The molecule has 4 aromatic heterocycles. The number of methoxy groups -OCH3 is 2. The predicted octanol–water partition coefficient (Wildman–Crippen LogP) is 2.71. The quantitative estimate of drug-likeness (QED) is 0.224. The van der Waals surface area contributed by atoms with E-state index in [1.165, 1.54) is 12.0 Å². The molecule has 5 fully saturated rings. The smallest absolute Gasteiger partial charge is 0.212 e. The Labute approximate surface area is 272 Å². The highest BCUT2D eigenvalue weighted by atomic mass is 16.6.